The first-order chi connectivity index (χ1) is 7.40. The molecule has 0 aromatic heterocycles. The molecule has 3 atom stereocenters. The van der Waals surface area contributed by atoms with Gasteiger partial charge in [0, 0.05) is 30.2 Å². The van der Waals surface area contributed by atoms with Crippen molar-refractivity contribution in [3.05, 3.63) is 0 Å². The topological polar surface area (TPSA) is 15.3 Å². The van der Waals surface area contributed by atoms with Crippen LogP contribution < -0.4 is 5.32 Å². The van der Waals surface area contributed by atoms with Crippen LogP contribution in [0.5, 0.6) is 0 Å². The van der Waals surface area contributed by atoms with Gasteiger partial charge in [-0.15, -0.1) is 0 Å². The molecule has 2 nitrogen and oxygen atoms in total. The first-order valence-electron chi connectivity index (χ1n) is 6.92. The molecule has 1 aliphatic rings. The van der Waals surface area contributed by atoms with Gasteiger partial charge in [-0.1, -0.05) is 20.8 Å². The van der Waals surface area contributed by atoms with Crippen LogP contribution in [0.2, 0.25) is 0 Å². The largest absolute Gasteiger partial charge is 0.308 e. The maximum absolute atomic E-state index is 3.75. The fourth-order valence-electron chi connectivity index (χ4n) is 2.60. The molecule has 1 saturated heterocycles. The van der Waals surface area contributed by atoms with Crippen molar-refractivity contribution in [1.29, 1.82) is 0 Å². The van der Waals surface area contributed by atoms with E-state index in [1.807, 2.05) is 0 Å². The van der Waals surface area contributed by atoms with E-state index < -0.39 is 0 Å². The van der Waals surface area contributed by atoms with Gasteiger partial charge in [0.1, 0.15) is 0 Å². The van der Waals surface area contributed by atoms with Crippen LogP contribution in [0.4, 0.5) is 0 Å². The van der Waals surface area contributed by atoms with E-state index in [0.717, 1.165) is 6.54 Å². The van der Waals surface area contributed by atoms with Crippen LogP contribution >= 0.6 is 0 Å². The fourth-order valence-corrected chi connectivity index (χ4v) is 2.60. The molecule has 1 heterocycles. The Kier molecular flexibility index (Phi) is 4.42. The summed E-state index contributed by atoms with van der Waals surface area (Å²) in [6, 6.07) is 0.693. The van der Waals surface area contributed by atoms with Gasteiger partial charge in [-0.05, 0) is 40.0 Å². The third-order valence-corrected chi connectivity index (χ3v) is 4.77. The molecular formula is C14H30N2. The molecule has 1 fully saturated rings. The first-order valence-corrected chi connectivity index (χ1v) is 6.92. The molecule has 96 valence electrons. The minimum absolute atomic E-state index is 0.304. The summed E-state index contributed by atoms with van der Waals surface area (Å²) in [5.41, 5.74) is 0.641. The Hall–Kier alpha value is -0.0800. The SMILES string of the molecule is CCC(C)N1CC(C)(CC)NCC1(C)CC. The third-order valence-electron chi connectivity index (χ3n) is 4.77. The van der Waals surface area contributed by atoms with Crippen LogP contribution in [-0.2, 0) is 0 Å². The Bertz CT molecular complexity index is 229. The van der Waals surface area contributed by atoms with Gasteiger partial charge in [-0.2, -0.15) is 0 Å². The lowest BCUT2D eigenvalue weighted by Crippen LogP contribution is -2.69. The molecule has 0 spiro atoms. The Morgan fingerprint density at radius 2 is 1.81 bits per heavy atom. The van der Waals surface area contributed by atoms with Gasteiger partial charge in [0.15, 0.2) is 0 Å². The average Bonchev–Trinajstić information content (AvgIpc) is 2.31. The highest BCUT2D eigenvalue weighted by Crippen LogP contribution is 2.30. The molecule has 1 N–H and O–H groups in total. The summed E-state index contributed by atoms with van der Waals surface area (Å²) in [6.45, 7) is 16.3. The molecular weight excluding hydrogens is 196 g/mol. The van der Waals surface area contributed by atoms with Crippen molar-refractivity contribution >= 4 is 0 Å². The standard InChI is InChI=1S/C14H30N2/c1-7-12(4)16-11-13(5,8-2)15-10-14(16,6)9-3/h12,15H,7-11H2,1-6H3. The van der Waals surface area contributed by atoms with Crippen molar-refractivity contribution in [2.45, 2.75) is 77.9 Å². The van der Waals surface area contributed by atoms with Crippen molar-refractivity contribution in [2.24, 2.45) is 0 Å². The lowest BCUT2D eigenvalue weighted by molar-refractivity contribution is -0.0123. The van der Waals surface area contributed by atoms with E-state index in [-0.39, 0.29) is 0 Å². The molecule has 0 radical (unpaired) electrons. The number of hydrogen-bond acceptors (Lipinski definition) is 2. The Morgan fingerprint density at radius 1 is 1.19 bits per heavy atom. The highest BCUT2D eigenvalue weighted by molar-refractivity contribution is 5.01. The van der Waals surface area contributed by atoms with Gasteiger partial charge in [0.2, 0.25) is 0 Å². The van der Waals surface area contributed by atoms with Crippen LogP contribution in [0.3, 0.4) is 0 Å². The van der Waals surface area contributed by atoms with Crippen molar-refractivity contribution in [3.63, 3.8) is 0 Å². The van der Waals surface area contributed by atoms with Gasteiger partial charge < -0.3 is 5.32 Å². The predicted molar refractivity (Wildman–Crippen MR) is 71.9 cm³/mol. The molecule has 0 aliphatic carbocycles. The van der Waals surface area contributed by atoms with Crippen molar-refractivity contribution in [2.75, 3.05) is 13.1 Å². The Labute approximate surface area is 102 Å². The number of nitrogens with zero attached hydrogens (tertiary/aromatic N) is 1. The minimum Gasteiger partial charge on any atom is -0.308 e. The van der Waals surface area contributed by atoms with Gasteiger partial charge >= 0.3 is 0 Å². The number of piperazine rings is 1. The molecule has 0 bridgehead atoms. The van der Waals surface area contributed by atoms with Crippen LogP contribution in [0, 0.1) is 0 Å². The second-order valence-electron chi connectivity index (χ2n) is 6.00. The molecule has 16 heavy (non-hydrogen) atoms. The minimum atomic E-state index is 0.304. The van der Waals surface area contributed by atoms with Gasteiger partial charge in [0.05, 0.1) is 0 Å². The second-order valence-corrected chi connectivity index (χ2v) is 6.00. The molecule has 0 aromatic carbocycles. The summed E-state index contributed by atoms with van der Waals surface area (Å²) in [5, 5.41) is 3.75. The monoisotopic (exact) mass is 226 g/mol. The summed E-state index contributed by atoms with van der Waals surface area (Å²) in [7, 11) is 0. The lowest BCUT2D eigenvalue weighted by Gasteiger charge is -2.54. The summed E-state index contributed by atoms with van der Waals surface area (Å²) >= 11 is 0. The maximum atomic E-state index is 3.75. The molecule has 0 amide bonds. The van der Waals surface area contributed by atoms with Crippen LogP contribution in [0.1, 0.15) is 60.8 Å². The molecule has 0 saturated carbocycles. The number of nitrogens with one attached hydrogen (secondary N) is 1. The molecule has 1 rings (SSSR count). The molecule has 0 aromatic rings. The van der Waals surface area contributed by atoms with Crippen LogP contribution in [-0.4, -0.2) is 35.1 Å². The maximum Gasteiger partial charge on any atom is 0.0306 e. The molecule has 1 aliphatic heterocycles. The van der Waals surface area contributed by atoms with Crippen molar-refractivity contribution < 1.29 is 0 Å². The number of hydrogen-bond donors (Lipinski definition) is 1. The highest BCUT2D eigenvalue weighted by Gasteiger charge is 2.42. The number of rotatable bonds is 4. The van der Waals surface area contributed by atoms with E-state index in [1.165, 1.54) is 25.8 Å². The van der Waals surface area contributed by atoms with Crippen LogP contribution in [0.15, 0.2) is 0 Å². The zero-order valence-corrected chi connectivity index (χ0v) is 12.1. The van der Waals surface area contributed by atoms with Gasteiger partial charge in [-0.3, -0.25) is 4.90 Å². The van der Waals surface area contributed by atoms with Crippen molar-refractivity contribution in [1.82, 2.24) is 10.2 Å². The van der Waals surface area contributed by atoms with E-state index >= 15 is 0 Å². The molecule has 3 unspecified atom stereocenters. The zero-order valence-electron chi connectivity index (χ0n) is 12.1. The average molecular weight is 226 g/mol. The van der Waals surface area contributed by atoms with Crippen LogP contribution in [0.25, 0.3) is 0 Å². The van der Waals surface area contributed by atoms with E-state index in [0.29, 0.717) is 17.1 Å². The Balaban J connectivity index is 2.86. The van der Waals surface area contributed by atoms with E-state index in [9.17, 15) is 0 Å². The first kappa shape index (κ1) is 14.0. The van der Waals surface area contributed by atoms with Crippen molar-refractivity contribution in [3.8, 4) is 0 Å². The Morgan fingerprint density at radius 3 is 2.25 bits per heavy atom. The highest BCUT2D eigenvalue weighted by atomic mass is 15.3. The smallest absolute Gasteiger partial charge is 0.0306 e. The third kappa shape index (κ3) is 2.60. The van der Waals surface area contributed by atoms with E-state index in [2.05, 4.69) is 51.8 Å². The van der Waals surface area contributed by atoms with E-state index in [4.69, 9.17) is 0 Å². The normalized spacial score (nSPS) is 38.6. The predicted octanol–water partition coefficient (Wildman–Crippen LogP) is 3.03. The van der Waals surface area contributed by atoms with E-state index in [1.54, 1.807) is 0 Å². The quantitative estimate of drug-likeness (QED) is 0.792. The fraction of sp³-hybridized carbons (Fsp3) is 1.00. The summed E-state index contributed by atoms with van der Waals surface area (Å²) in [5.74, 6) is 0. The second kappa shape index (κ2) is 5.05. The lowest BCUT2D eigenvalue weighted by atomic mass is 9.84. The van der Waals surface area contributed by atoms with Gasteiger partial charge in [-0.25, -0.2) is 0 Å². The zero-order chi connectivity index (χ0) is 12.4. The summed E-state index contributed by atoms with van der Waals surface area (Å²) < 4.78 is 0. The summed E-state index contributed by atoms with van der Waals surface area (Å²) in [4.78, 5) is 2.73. The molecule has 2 heteroatoms. The summed E-state index contributed by atoms with van der Waals surface area (Å²) in [6.07, 6.45) is 3.68. The van der Waals surface area contributed by atoms with Gasteiger partial charge in [0.25, 0.3) is 0 Å².